The molecule has 0 saturated heterocycles. The van der Waals surface area contributed by atoms with Crippen molar-refractivity contribution < 1.29 is 4.74 Å². The van der Waals surface area contributed by atoms with Crippen molar-refractivity contribution in [3.05, 3.63) is 22.9 Å². The van der Waals surface area contributed by atoms with Crippen LogP contribution in [0.3, 0.4) is 0 Å². The molecule has 0 aliphatic heterocycles. The summed E-state index contributed by atoms with van der Waals surface area (Å²) in [6.07, 6.45) is 0.822. The minimum atomic E-state index is 0.430. The van der Waals surface area contributed by atoms with E-state index in [-0.39, 0.29) is 0 Å². The summed E-state index contributed by atoms with van der Waals surface area (Å²) in [7, 11) is 1.53. The highest BCUT2D eigenvalue weighted by Crippen LogP contribution is 2.20. The zero-order chi connectivity index (χ0) is 9.84. The molecule has 0 unspecified atom stereocenters. The third kappa shape index (κ3) is 1.78. The lowest BCUT2D eigenvalue weighted by molar-refractivity contribution is 0.395. The summed E-state index contributed by atoms with van der Waals surface area (Å²) in [6.45, 7) is 3.90. The van der Waals surface area contributed by atoms with Crippen LogP contribution in [-0.2, 0) is 6.42 Å². The molecule has 0 aromatic carbocycles. The maximum atomic E-state index is 8.88. The zero-order valence-electron chi connectivity index (χ0n) is 8.09. The summed E-state index contributed by atoms with van der Waals surface area (Å²) in [5.74, 6) is 0.430. The van der Waals surface area contributed by atoms with Gasteiger partial charge in [-0.05, 0) is 25.0 Å². The Bertz CT molecular complexity index is 327. The first-order valence-electron chi connectivity index (χ1n) is 4.17. The lowest BCUT2D eigenvalue weighted by Crippen LogP contribution is -1.98. The van der Waals surface area contributed by atoms with E-state index in [1.165, 1.54) is 7.11 Å². The van der Waals surface area contributed by atoms with Crippen LogP contribution in [-0.4, -0.2) is 12.1 Å². The Balaban J connectivity index is 3.36. The number of nitriles is 1. The van der Waals surface area contributed by atoms with Crippen LogP contribution in [0, 0.1) is 18.3 Å². The minimum Gasteiger partial charge on any atom is -0.480 e. The molecule has 3 heteroatoms. The van der Waals surface area contributed by atoms with Crippen LogP contribution in [0.15, 0.2) is 6.07 Å². The Hall–Kier alpha value is -1.56. The topological polar surface area (TPSA) is 45.9 Å². The van der Waals surface area contributed by atoms with Gasteiger partial charge in [-0.2, -0.15) is 5.26 Å². The number of methoxy groups -OCH3 is 1. The van der Waals surface area contributed by atoms with E-state index in [0.717, 1.165) is 17.7 Å². The molecular formula is C10H12N2O. The van der Waals surface area contributed by atoms with Crippen LogP contribution in [0.5, 0.6) is 5.88 Å². The maximum absolute atomic E-state index is 8.88. The van der Waals surface area contributed by atoms with Crippen LogP contribution in [0.25, 0.3) is 0 Å². The van der Waals surface area contributed by atoms with Crippen molar-refractivity contribution in [1.82, 2.24) is 4.98 Å². The molecule has 0 bridgehead atoms. The van der Waals surface area contributed by atoms with Gasteiger partial charge in [-0.25, -0.2) is 4.98 Å². The van der Waals surface area contributed by atoms with Crippen LogP contribution in [0.4, 0.5) is 0 Å². The Morgan fingerprint density at radius 1 is 1.62 bits per heavy atom. The fraction of sp³-hybridized carbons (Fsp3) is 0.400. The SMILES string of the molecule is CCc1cc(C)nc(OC)c1C#N. The largest absolute Gasteiger partial charge is 0.480 e. The molecule has 13 heavy (non-hydrogen) atoms. The number of pyridine rings is 1. The fourth-order valence-electron chi connectivity index (χ4n) is 1.26. The van der Waals surface area contributed by atoms with Gasteiger partial charge in [-0.3, -0.25) is 0 Å². The normalized spacial score (nSPS) is 9.38. The predicted octanol–water partition coefficient (Wildman–Crippen LogP) is 1.83. The molecule has 1 heterocycles. The molecule has 0 aliphatic carbocycles. The summed E-state index contributed by atoms with van der Waals surface area (Å²) in [4.78, 5) is 4.13. The van der Waals surface area contributed by atoms with Crippen molar-refractivity contribution in [3.8, 4) is 11.9 Å². The number of hydrogen-bond acceptors (Lipinski definition) is 3. The third-order valence-electron chi connectivity index (χ3n) is 1.88. The molecule has 0 radical (unpaired) electrons. The Labute approximate surface area is 78.0 Å². The van der Waals surface area contributed by atoms with Crippen molar-refractivity contribution in [2.45, 2.75) is 20.3 Å². The smallest absolute Gasteiger partial charge is 0.231 e. The van der Waals surface area contributed by atoms with Gasteiger partial charge in [0.05, 0.1) is 7.11 Å². The Morgan fingerprint density at radius 2 is 2.31 bits per heavy atom. The summed E-state index contributed by atoms with van der Waals surface area (Å²) < 4.78 is 5.03. The highest BCUT2D eigenvalue weighted by atomic mass is 16.5. The van der Waals surface area contributed by atoms with E-state index in [1.807, 2.05) is 19.9 Å². The fourth-order valence-corrected chi connectivity index (χ4v) is 1.26. The van der Waals surface area contributed by atoms with Crippen molar-refractivity contribution >= 4 is 0 Å². The molecule has 1 aromatic heterocycles. The number of aromatic nitrogens is 1. The lowest BCUT2D eigenvalue weighted by Gasteiger charge is -2.06. The molecule has 0 atom stereocenters. The molecule has 0 aliphatic rings. The van der Waals surface area contributed by atoms with Gasteiger partial charge in [0.2, 0.25) is 5.88 Å². The standard InChI is InChI=1S/C10H12N2O/c1-4-8-5-7(2)12-10(13-3)9(8)6-11/h5H,4H2,1-3H3. The highest BCUT2D eigenvalue weighted by molar-refractivity contribution is 5.45. The molecule has 1 aromatic rings. The van der Waals surface area contributed by atoms with E-state index in [1.54, 1.807) is 0 Å². The number of rotatable bonds is 2. The number of hydrogen-bond donors (Lipinski definition) is 0. The van der Waals surface area contributed by atoms with Gasteiger partial charge in [0.1, 0.15) is 11.6 Å². The van der Waals surface area contributed by atoms with Crippen LogP contribution >= 0.6 is 0 Å². The van der Waals surface area contributed by atoms with Crippen molar-refractivity contribution in [3.63, 3.8) is 0 Å². The molecule has 0 spiro atoms. The monoisotopic (exact) mass is 176 g/mol. The molecule has 0 saturated carbocycles. The van der Waals surface area contributed by atoms with E-state index in [0.29, 0.717) is 11.4 Å². The third-order valence-corrected chi connectivity index (χ3v) is 1.88. The molecular weight excluding hydrogens is 164 g/mol. The second kappa shape index (κ2) is 3.90. The van der Waals surface area contributed by atoms with Gasteiger partial charge in [-0.1, -0.05) is 6.92 Å². The predicted molar refractivity (Wildman–Crippen MR) is 49.6 cm³/mol. The van der Waals surface area contributed by atoms with Gasteiger partial charge in [0.15, 0.2) is 0 Å². The van der Waals surface area contributed by atoms with E-state index in [4.69, 9.17) is 10.00 Å². The van der Waals surface area contributed by atoms with E-state index in [2.05, 4.69) is 11.1 Å². The van der Waals surface area contributed by atoms with E-state index < -0.39 is 0 Å². The Kier molecular flexibility index (Phi) is 2.86. The quantitative estimate of drug-likeness (QED) is 0.690. The van der Waals surface area contributed by atoms with Gasteiger partial charge in [0.25, 0.3) is 0 Å². The first-order chi connectivity index (χ1) is 6.22. The molecule has 68 valence electrons. The van der Waals surface area contributed by atoms with Crippen LogP contribution in [0.1, 0.15) is 23.7 Å². The molecule has 0 amide bonds. The first kappa shape index (κ1) is 9.53. The van der Waals surface area contributed by atoms with Crippen molar-refractivity contribution in [2.75, 3.05) is 7.11 Å². The number of nitrogens with zero attached hydrogens (tertiary/aromatic N) is 2. The molecule has 0 fully saturated rings. The average Bonchev–Trinajstić information content (AvgIpc) is 2.16. The summed E-state index contributed by atoms with van der Waals surface area (Å²) in [5, 5.41) is 8.88. The van der Waals surface area contributed by atoms with Crippen molar-refractivity contribution in [1.29, 1.82) is 5.26 Å². The summed E-state index contributed by atoms with van der Waals surface area (Å²) in [5.41, 5.74) is 2.43. The summed E-state index contributed by atoms with van der Waals surface area (Å²) >= 11 is 0. The van der Waals surface area contributed by atoms with Gasteiger partial charge in [0, 0.05) is 5.69 Å². The van der Waals surface area contributed by atoms with Gasteiger partial charge in [-0.15, -0.1) is 0 Å². The van der Waals surface area contributed by atoms with Crippen molar-refractivity contribution in [2.24, 2.45) is 0 Å². The number of aryl methyl sites for hydroxylation is 2. The van der Waals surface area contributed by atoms with Gasteiger partial charge < -0.3 is 4.74 Å². The molecule has 0 N–H and O–H groups in total. The minimum absolute atomic E-state index is 0.430. The molecule has 1 rings (SSSR count). The zero-order valence-corrected chi connectivity index (χ0v) is 8.09. The lowest BCUT2D eigenvalue weighted by atomic mass is 10.1. The maximum Gasteiger partial charge on any atom is 0.231 e. The average molecular weight is 176 g/mol. The van der Waals surface area contributed by atoms with Crippen LogP contribution in [0.2, 0.25) is 0 Å². The van der Waals surface area contributed by atoms with E-state index >= 15 is 0 Å². The van der Waals surface area contributed by atoms with Gasteiger partial charge >= 0.3 is 0 Å². The second-order valence-electron chi connectivity index (χ2n) is 2.77. The van der Waals surface area contributed by atoms with E-state index in [9.17, 15) is 0 Å². The summed E-state index contributed by atoms with van der Waals surface area (Å²) in [6, 6.07) is 4.02. The first-order valence-corrected chi connectivity index (χ1v) is 4.17. The second-order valence-corrected chi connectivity index (χ2v) is 2.77. The highest BCUT2D eigenvalue weighted by Gasteiger charge is 2.09. The number of ether oxygens (including phenoxy) is 1. The van der Waals surface area contributed by atoms with Crippen LogP contribution < -0.4 is 4.74 Å². The Morgan fingerprint density at radius 3 is 2.77 bits per heavy atom. The molecule has 3 nitrogen and oxygen atoms in total.